The lowest BCUT2D eigenvalue weighted by Crippen LogP contribution is -2.20. The number of amides is 1. The molecule has 1 amide bonds. The summed E-state index contributed by atoms with van der Waals surface area (Å²) in [4.78, 5) is 11.9. The zero-order valence-corrected chi connectivity index (χ0v) is 14.7. The van der Waals surface area contributed by atoms with Gasteiger partial charge in [-0.05, 0) is 29.8 Å². The van der Waals surface area contributed by atoms with E-state index in [1.54, 1.807) is 6.07 Å². The van der Waals surface area contributed by atoms with Gasteiger partial charge in [-0.15, -0.1) is 0 Å². The van der Waals surface area contributed by atoms with E-state index in [1.165, 1.54) is 49.6 Å². The molecular weight excluding hydrogens is 382 g/mol. The number of benzene rings is 2. The van der Waals surface area contributed by atoms with Gasteiger partial charge in [-0.2, -0.15) is 17.6 Å². The molecule has 0 unspecified atom stereocenters. The number of carbonyl (C=O) groups excluding carboxylic acids is 1. The standard InChI is InChI=1S/C19H17F4NO4/c1-26-15-4-2-3-13(17(15)28-19(22)23)7-10-16(25)24-11-12-5-8-14(9-6-12)27-18(20)21/h2-10,18-19H,11H2,1H3,(H,24,25)/b10-7+. The molecule has 2 aromatic rings. The Morgan fingerprint density at radius 1 is 1.04 bits per heavy atom. The minimum absolute atomic E-state index is 0.00885. The van der Waals surface area contributed by atoms with Gasteiger partial charge in [0.1, 0.15) is 5.75 Å². The number of alkyl halides is 4. The van der Waals surface area contributed by atoms with Gasteiger partial charge < -0.3 is 19.5 Å². The van der Waals surface area contributed by atoms with Gasteiger partial charge in [0.05, 0.1) is 7.11 Å². The van der Waals surface area contributed by atoms with E-state index in [2.05, 4.69) is 14.8 Å². The monoisotopic (exact) mass is 399 g/mol. The second-order valence-electron chi connectivity index (χ2n) is 5.33. The summed E-state index contributed by atoms with van der Waals surface area (Å²) in [6.07, 6.45) is 2.47. The highest BCUT2D eigenvalue weighted by atomic mass is 19.3. The summed E-state index contributed by atoms with van der Waals surface area (Å²) in [5.41, 5.74) is 0.898. The molecule has 5 nitrogen and oxygen atoms in total. The molecule has 0 saturated heterocycles. The van der Waals surface area contributed by atoms with Crippen molar-refractivity contribution >= 4 is 12.0 Å². The van der Waals surface area contributed by atoms with E-state index >= 15 is 0 Å². The van der Waals surface area contributed by atoms with Crippen LogP contribution < -0.4 is 19.5 Å². The minimum Gasteiger partial charge on any atom is -0.493 e. The highest BCUT2D eigenvalue weighted by molar-refractivity contribution is 5.92. The van der Waals surface area contributed by atoms with Crippen molar-refractivity contribution in [3.05, 3.63) is 59.7 Å². The minimum atomic E-state index is -3.05. The van der Waals surface area contributed by atoms with Gasteiger partial charge in [-0.25, -0.2) is 0 Å². The fourth-order valence-electron chi connectivity index (χ4n) is 2.24. The maximum Gasteiger partial charge on any atom is 0.387 e. The lowest BCUT2D eigenvalue weighted by molar-refractivity contribution is -0.116. The van der Waals surface area contributed by atoms with E-state index in [4.69, 9.17) is 4.74 Å². The lowest BCUT2D eigenvalue weighted by atomic mass is 10.1. The SMILES string of the molecule is COc1cccc(/C=C/C(=O)NCc2ccc(OC(F)F)cc2)c1OC(F)F. The number of rotatable bonds is 9. The van der Waals surface area contributed by atoms with Gasteiger partial charge >= 0.3 is 13.2 Å². The molecule has 0 spiro atoms. The van der Waals surface area contributed by atoms with Crippen molar-refractivity contribution in [1.29, 1.82) is 0 Å². The molecule has 9 heteroatoms. The average Bonchev–Trinajstić information content (AvgIpc) is 2.65. The maximum absolute atomic E-state index is 12.6. The first-order valence-electron chi connectivity index (χ1n) is 8.00. The van der Waals surface area contributed by atoms with Crippen LogP contribution in [0, 0.1) is 0 Å². The molecule has 0 radical (unpaired) electrons. The quantitative estimate of drug-likeness (QED) is 0.507. The van der Waals surface area contributed by atoms with Crippen LogP contribution in [0.5, 0.6) is 17.2 Å². The Morgan fingerprint density at radius 2 is 1.71 bits per heavy atom. The van der Waals surface area contributed by atoms with Crippen LogP contribution in [-0.4, -0.2) is 26.2 Å². The Balaban J connectivity index is 1.98. The van der Waals surface area contributed by atoms with Crippen molar-refractivity contribution in [2.45, 2.75) is 19.8 Å². The van der Waals surface area contributed by atoms with Crippen molar-refractivity contribution in [2.75, 3.05) is 7.11 Å². The molecule has 150 valence electrons. The average molecular weight is 399 g/mol. The first kappa shape index (κ1) is 21.1. The lowest BCUT2D eigenvalue weighted by Gasteiger charge is -2.12. The fourth-order valence-corrected chi connectivity index (χ4v) is 2.24. The summed E-state index contributed by atoms with van der Waals surface area (Å²) in [7, 11) is 1.31. The summed E-state index contributed by atoms with van der Waals surface area (Å²) in [6, 6.07) is 10.3. The number of hydrogen-bond acceptors (Lipinski definition) is 4. The maximum atomic E-state index is 12.6. The van der Waals surface area contributed by atoms with Gasteiger partial charge in [0.2, 0.25) is 5.91 Å². The van der Waals surface area contributed by atoms with Gasteiger partial charge in [-0.1, -0.05) is 24.3 Å². The molecule has 0 atom stereocenters. The zero-order chi connectivity index (χ0) is 20.5. The second-order valence-corrected chi connectivity index (χ2v) is 5.33. The molecule has 0 aromatic heterocycles. The zero-order valence-electron chi connectivity index (χ0n) is 14.7. The smallest absolute Gasteiger partial charge is 0.387 e. The second kappa shape index (κ2) is 10.2. The van der Waals surface area contributed by atoms with E-state index in [0.717, 1.165) is 6.08 Å². The van der Waals surface area contributed by atoms with Crippen molar-refractivity contribution in [3.63, 3.8) is 0 Å². The van der Waals surface area contributed by atoms with Crippen molar-refractivity contribution in [1.82, 2.24) is 5.32 Å². The number of methoxy groups -OCH3 is 1. The van der Waals surface area contributed by atoms with Crippen LogP contribution in [0.15, 0.2) is 48.5 Å². The van der Waals surface area contributed by atoms with E-state index < -0.39 is 19.1 Å². The van der Waals surface area contributed by atoms with Gasteiger partial charge in [0.15, 0.2) is 11.5 Å². The number of nitrogens with one attached hydrogen (secondary N) is 1. The van der Waals surface area contributed by atoms with Crippen LogP contribution in [0.3, 0.4) is 0 Å². The van der Waals surface area contributed by atoms with Crippen LogP contribution in [0.4, 0.5) is 17.6 Å². The molecule has 0 aliphatic rings. The summed E-state index contributed by atoms with van der Waals surface area (Å²) < 4.78 is 63.1. The molecule has 2 aromatic carbocycles. The van der Waals surface area contributed by atoms with Crippen LogP contribution in [-0.2, 0) is 11.3 Å². The largest absolute Gasteiger partial charge is 0.493 e. The molecule has 0 heterocycles. The van der Waals surface area contributed by atoms with Crippen LogP contribution in [0.25, 0.3) is 6.08 Å². The number of halogens is 4. The molecule has 0 fully saturated rings. The third-order valence-corrected chi connectivity index (χ3v) is 3.47. The Labute approximate surface area is 158 Å². The molecule has 0 aliphatic carbocycles. The number of carbonyl (C=O) groups is 1. The van der Waals surface area contributed by atoms with E-state index in [1.807, 2.05) is 0 Å². The Morgan fingerprint density at radius 3 is 2.32 bits per heavy atom. The predicted molar refractivity (Wildman–Crippen MR) is 93.6 cm³/mol. The van der Waals surface area contributed by atoms with Crippen molar-refractivity contribution in [2.24, 2.45) is 0 Å². The van der Waals surface area contributed by atoms with Crippen LogP contribution >= 0.6 is 0 Å². The summed E-state index contributed by atoms with van der Waals surface area (Å²) >= 11 is 0. The molecule has 0 bridgehead atoms. The Bertz CT molecular complexity index is 810. The first-order chi connectivity index (χ1) is 13.4. The molecule has 28 heavy (non-hydrogen) atoms. The van der Waals surface area contributed by atoms with E-state index in [0.29, 0.717) is 5.56 Å². The first-order valence-corrected chi connectivity index (χ1v) is 8.00. The van der Waals surface area contributed by atoms with Gasteiger partial charge in [-0.3, -0.25) is 4.79 Å². The topological polar surface area (TPSA) is 56.8 Å². The van der Waals surface area contributed by atoms with Gasteiger partial charge in [0, 0.05) is 18.2 Å². The molecule has 2 rings (SSSR count). The Hall–Kier alpha value is -3.23. The highest BCUT2D eigenvalue weighted by Gasteiger charge is 2.14. The third-order valence-electron chi connectivity index (χ3n) is 3.47. The molecule has 1 N–H and O–H groups in total. The Kier molecular flexibility index (Phi) is 7.67. The normalized spacial score (nSPS) is 11.1. The highest BCUT2D eigenvalue weighted by Crippen LogP contribution is 2.33. The molecular formula is C19H17F4NO4. The van der Waals surface area contributed by atoms with Crippen molar-refractivity contribution in [3.8, 4) is 17.2 Å². The molecule has 0 aliphatic heterocycles. The summed E-state index contributed by atoms with van der Waals surface area (Å²) in [5.74, 6) is -0.555. The predicted octanol–water partition coefficient (Wildman–Crippen LogP) is 4.23. The van der Waals surface area contributed by atoms with E-state index in [9.17, 15) is 22.4 Å². The third kappa shape index (κ3) is 6.49. The van der Waals surface area contributed by atoms with E-state index in [-0.39, 0.29) is 29.4 Å². The fraction of sp³-hybridized carbons (Fsp3) is 0.211. The number of para-hydroxylation sites is 1. The van der Waals surface area contributed by atoms with Gasteiger partial charge in [0.25, 0.3) is 0 Å². The summed E-state index contributed by atoms with van der Waals surface area (Å²) in [6.45, 7) is -5.82. The number of ether oxygens (including phenoxy) is 3. The van der Waals surface area contributed by atoms with Crippen LogP contribution in [0.2, 0.25) is 0 Å². The van der Waals surface area contributed by atoms with Crippen LogP contribution in [0.1, 0.15) is 11.1 Å². The molecule has 0 saturated carbocycles. The van der Waals surface area contributed by atoms with Crippen molar-refractivity contribution < 1.29 is 36.6 Å². The summed E-state index contributed by atoms with van der Waals surface area (Å²) in [5, 5.41) is 2.58. The number of hydrogen-bond donors (Lipinski definition) is 1.